The SMILES string of the molecule is C=C(O)/C=C\C(=C)C(C)CCC(CC)C(=O)OCCCC. The van der Waals surface area contributed by atoms with E-state index in [2.05, 4.69) is 27.0 Å². The second-order valence-electron chi connectivity index (χ2n) is 5.50. The second-order valence-corrected chi connectivity index (χ2v) is 5.50. The molecule has 120 valence electrons. The lowest BCUT2D eigenvalue weighted by Gasteiger charge is -2.17. The average molecular weight is 294 g/mol. The fourth-order valence-corrected chi connectivity index (χ4v) is 1.93. The molecule has 3 nitrogen and oxygen atoms in total. The Morgan fingerprint density at radius 1 is 1.24 bits per heavy atom. The van der Waals surface area contributed by atoms with Crippen molar-refractivity contribution < 1.29 is 14.6 Å². The maximum atomic E-state index is 11.9. The van der Waals surface area contributed by atoms with Crippen LogP contribution >= 0.6 is 0 Å². The quantitative estimate of drug-likeness (QED) is 0.254. The van der Waals surface area contributed by atoms with E-state index in [4.69, 9.17) is 9.84 Å². The van der Waals surface area contributed by atoms with Crippen molar-refractivity contribution in [3.63, 3.8) is 0 Å². The molecule has 0 aliphatic carbocycles. The summed E-state index contributed by atoms with van der Waals surface area (Å²) in [6.07, 6.45) is 7.74. The van der Waals surface area contributed by atoms with Crippen LogP contribution in [0.5, 0.6) is 0 Å². The number of hydrogen-bond donors (Lipinski definition) is 1. The van der Waals surface area contributed by atoms with Gasteiger partial charge in [0.15, 0.2) is 0 Å². The zero-order valence-corrected chi connectivity index (χ0v) is 13.7. The zero-order chi connectivity index (χ0) is 16.3. The van der Waals surface area contributed by atoms with Gasteiger partial charge in [-0.1, -0.05) is 52.0 Å². The van der Waals surface area contributed by atoms with Crippen LogP contribution in [-0.4, -0.2) is 17.7 Å². The highest BCUT2D eigenvalue weighted by Gasteiger charge is 2.19. The molecule has 3 heteroatoms. The molecule has 0 fully saturated rings. The molecule has 0 saturated carbocycles. The number of aliphatic hydroxyl groups is 1. The summed E-state index contributed by atoms with van der Waals surface area (Å²) in [5.74, 6) is 0.171. The lowest BCUT2D eigenvalue weighted by molar-refractivity contribution is -0.149. The maximum absolute atomic E-state index is 11.9. The summed E-state index contributed by atoms with van der Waals surface area (Å²) >= 11 is 0. The fourth-order valence-electron chi connectivity index (χ4n) is 1.93. The largest absolute Gasteiger partial charge is 0.509 e. The lowest BCUT2D eigenvalue weighted by atomic mass is 9.91. The fraction of sp³-hybridized carbons (Fsp3) is 0.611. The molecule has 0 bridgehead atoms. The smallest absolute Gasteiger partial charge is 0.308 e. The Balaban J connectivity index is 4.22. The van der Waals surface area contributed by atoms with Gasteiger partial charge in [-0.25, -0.2) is 0 Å². The Labute approximate surface area is 129 Å². The Morgan fingerprint density at radius 3 is 2.43 bits per heavy atom. The molecule has 0 amide bonds. The van der Waals surface area contributed by atoms with Crippen molar-refractivity contribution in [3.05, 3.63) is 36.6 Å². The Kier molecular flexibility index (Phi) is 10.4. The van der Waals surface area contributed by atoms with Crippen LogP contribution in [0.1, 0.15) is 52.9 Å². The van der Waals surface area contributed by atoms with Crippen LogP contribution in [0, 0.1) is 11.8 Å². The molecule has 0 aliphatic heterocycles. The molecule has 0 aromatic carbocycles. The van der Waals surface area contributed by atoms with Gasteiger partial charge < -0.3 is 9.84 Å². The third kappa shape index (κ3) is 9.11. The van der Waals surface area contributed by atoms with Crippen molar-refractivity contribution >= 4 is 5.97 Å². The van der Waals surface area contributed by atoms with Gasteiger partial charge in [-0.15, -0.1) is 0 Å². The molecular formula is C18H30O3. The van der Waals surface area contributed by atoms with E-state index in [0.29, 0.717) is 6.61 Å². The average Bonchev–Trinajstić information content (AvgIpc) is 2.45. The standard InChI is InChI=1S/C18H30O3/c1-6-8-13-21-18(20)17(7-2)12-10-15(4)14(3)9-11-16(5)19/h9,11,15,17,19H,3,5-8,10,12-13H2,1-2,4H3/b11-9-. The van der Waals surface area contributed by atoms with Gasteiger partial charge in [0.25, 0.3) is 0 Å². The molecule has 0 saturated heterocycles. The van der Waals surface area contributed by atoms with E-state index in [9.17, 15) is 4.79 Å². The van der Waals surface area contributed by atoms with Crippen LogP contribution in [0.15, 0.2) is 36.6 Å². The molecule has 0 heterocycles. The van der Waals surface area contributed by atoms with E-state index in [1.165, 1.54) is 6.08 Å². The first-order chi connectivity index (χ1) is 9.92. The molecule has 1 N–H and O–H groups in total. The first-order valence-electron chi connectivity index (χ1n) is 7.83. The Hall–Kier alpha value is -1.51. The van der Waals surface area contributed by atoms with Gasteiger partial charge in [0, 0.05) is 0 Å². The highest BCUT2D eigenvalue weighted by molar-refractivity contribution is 5.72. The van der Waals surface area contributed by atoms with Crippen molar-refractivity contribution in [2.24, 2.45) is 11.8 Å². The molecule has 2 atom stereocenters. The molecule has 0 aromatic heterocycles. The van der Waals surface area contributed by atoms with Crippen LogP contribution in [0.2, 0.25) is 0 Å². The van der Waals surface area contributed by atoms with Crippen LogP contribution in [0.25, 0.3) is 0 Å². The molecule has 21 heavy (non-hydrogen) atoms. The molecule has 2 unspecified atom stereocenters. The predicted molar refractivity (Wildman–Crippen MR) is 88.1 cm³/mol. The van der Waals surface area contributed by atoms with Crippen LogP contribution < -0.4 is 0 Å². The summed E-state index contributed by atoms with van der Waals surface area (Å²) in [7, 11) is 0. The summed E-state index contributed by atoms with van der Waals surface area (Å²) in [4.78, 5) is 11.9. The number of carbonyl (C=O) groups excluding carboxylic acids is 1. The van der Waals surface area contributed by atoms with Crippen LogP contribution in [0.3, 0.4) is 0 Å². The van der Waals surface area contributed by atoms with Gasteiger partial charge in [-0.2, -0.15) is 0 Å². The number of allylic oxidation sites excluding steroid dienone is 3. The number of unbranched alkanes of at least 4 members (excludes halogenated alkanes) is 1. The number of carbonyl (C=O) groups is 1. The van der Waals surface area contributed by atoms with E-state index >= 15 is 0 Å². The topological polar surface area (TPSA) is 46.5 Å². The molecular weight excluding hydrogens is 264 g/mol. The second kappa shape index (κ2) is 11.2. The monoisotopic (exact) mass is 294 g/mol. The van der Waals surface area contributed by atoms with Gasteiger partial charge in [0.05, 0.1) is 12.5 Å². The predicted octanol–water partition coefficient (Wildman–Crippen LogP) is 4.96. The zero-order valence-electron chi connectivity index (χ0n) is 13.7. The van der Waals surface area contributed by atoms with Crippen LogP contribution in [-0.2, 0) is 9.53 Å². The normalized spacial score (nSPS) is 13.9. The summed E-state index contributed by atoms with van der Waals surface area (Å²) in [6, 6.07) is 0. The Morgan fingerprint density at radius 2 is 1.90 bits per heavy atom. The summed E-state index contributed by atoms with van der Waals surface area (Å²) in [5.41, 5.74) is 0.930. The molecule has 0 radical (unpaired) electrons. The number of aliphatic hydroxyl groups excluding tert-OH is 1. The van der Waals surface area contributed by atoms with E-state index in [1.807, 2.05) is 6.92 Å². The highest BCUT2D eigenvalue weighted by Crippen LogP contribution is 2.22. The minimum atomic E-state index is -0.0805. The lowest BCUT2D eigenvalue weighted by Crippen LogP contribution is -2.18. The molecule has 0 rings (SSSR count). The van der Waals surface area contributed by atoms with Crippen molar-refractivity contribution in [3.8, 4) is 0 Å². The van der Waals surface area contributed by atoms with E-state index in [1.54, 1.807) is 6.08 Å². The number of esters is 1. The molecule has 0 aromatic rings. The van der Waals surface area contributed by atoms with Gasteiger partial charge in [-0.05, 0) is 37.7 Å². The van der Waals surface area contributed by atoms with Crippen molar-refractivity contribution in [2.45, 2.75) is 52.9 Å². The number of ether oxygens (including phenoxy) is 1. The first kappa shape index (κ1) is 19.5. The summed E-state index contributed by atoms with van der Waals surface area (Å²) in [6.45, 7) is 14.1. The van der Waals surface area contributed by atoms with Crippen molar-refractivity contribution in [1.29, 1.82) is 0 Å². The van der Waals surface area contributed by atoms with Gasteiger partial charge >= 0.3 is 5.97 Å². The van der Waals surface area contributed by atoms with E-state index in [0.717, 1.165) is 37.7 Å². The van der Waals surface area contributed by atoms with Crippen molar-refractivity contribution in [1.82, 2.24) is 0 Å². The summed E-state index contributed by atoms with van der Waals surface area (Å²) < 4.78 is 5.29. The number of hydrogen-bond acceptors (Lipinski definition) is 3. The van der Waals surface area contributed by atoms with Gasteiger partial charge in [0.1, 0.15) is 5.76 Å². The third-order valence-corrected chi connectivity index (χ3v) is 3.64. The van der Waals surface area contributed by atoms with E-state index in [-0.39, 0.29) is 23.6 Å². The van der Waals surface area contributed by atoms with Crippen molar-refractivity contribution in [2.75, 3.05) is 6.61 Å². The highest BCUT2D eigenvalue weighted by atomic mass is 16.5. The minimum absolute atomic E-state index is 0.0225. The maximum Gasteiger partial charge on any atom is 0.308 e. The Bertz CT molecular complexity index is 369. The van der Waals surface area contributed by atoms with Gasteiger partial charge in [0.2, 0.25) is 0 Å². The molecule has 0 aliphatic rings. The third-order valence-electron chi connectivity index (χ3n) is 3.64. The number of rotatable bonds is 11. The molecule has 0 spiro atoms. The first-order valence-corrected chi connectivity index (χ1v) is 7.83. The minimum Gasteiger partial charge on any atom is -0.509 e. The van der Waals surface area contributed by atoms with Gasteiger partial charge in [-0.3, -0.25) is 4.79 Å². The van der Waals surface area contributed by atoms with E-state index < -0.39 is 0 Å². The van der Waals surface area contributed by atoms with Crippen LogP contribution in [0.4, 0.5) is 0 Å². The summed E-state index contributed by atoms with van der Waals surface area (Å²) in [5, 5.41) is 9.03.